The molecule has 1 aliphatic heterocycles. The van der Waals surface area contributed by atoms with Gasteiger partial charge in [0.1, 0.15) is 6.33 Å². The van der Waals surface area contributed by atoms with Crippen LogP contribution in [0.4, 0.5) is 23.1 Å². The Labute approximate surface area is 154 Å². The van der Waals surface area contributed by atoms with E-state index in [1.807, 2.05) is 36.1 Å². The van der Waals surface area contributed by atoms with Gasteiger partial charge in [-0.2, -0.15) is 0 Å². The number of nitrogen functional groups attached to an aromatic ring is 1. The minimum absolute atomic E-state index is 0.122. The summed E-state index contributed by atoms with van der Waals surface area (Å²) < 4.78 is 0. The Kier molecular flexibility index (Phi) is 4.15. The van der Waals surface area contributed by atoms with Gasteiger partial charge < -0.3 is 15.5 Å². The van der Waals surface area contributed by atoms with E-state index in [0.717, 1.165) is 22.5 Å². The van der Waals surface area contributed by atoms with E-state index in [0.29, 0.717) is 26.2 Å². The molecule has 3 aromatic rings. The standard InChI is InChI=1S/C17H18N8O2/c1-11-16(22-13-5-3-2-4-12(13)21-11)23-6-8-24(9-7-23)17-14(25(26)27)15(18)19-10-20-17/h2-5,10H,6-9H2,1H3,(H2,18,19,20). The van der Waals surface area contributed by atoms with Crippen LogP contribution in [-0.2, 0) is 0 Å². The molecular weight excluding hydrogens is 348 g/mol. The van der Waals surface area contributed by atoms with Crippen LogP contribution in [0.3, 0.4) is 0 Å². The average Bonchev–Trinajstić information content (AvgIpc) is 2.67. The maximum atomic E-state index is 11.3. The highest BCUT2D eigenvalue weighted by Gasteiger charge is 2.29. The number of aryl methyl sites for hydroxylation is 1. The summed E-state index contributed by atoms with van der Waals surface area (Å²) >= 11 is 0. The molecule has 0 aliphatic carbocycles. The summed E-state index contributed by atoms with van der Waals surface area (Å²) in [6, 6.07) is 7.76. The van der Waals surface area contributed by atoms with Crippen LogP contribution in [-0.4, -0.2) is 51.0 Å². The lowest BCUT2D eigenvalue weighted by atomic mass is 10.2. The van der Waals surface area contributed by atoms with Crippen LogP contribution in [0.5, 0.6) is 0 Å². The fraction of sp³-hybridized carbons (Fsp3) is 0.294. The van der Waals surface area contributed by atoms with Crippen molar-refractivity contribution in [3.63, 3.8) is 0 Å². The van der Waals surface area contributed by atoms with Crippen molar-refractivity contribution in [2.75, 3.05) is 41.7 Å². The molecule has 0 amide bonds. The molecular formula is C17H18N8O2. The SMILES string of the molecule is Cc1nc2ccccc2nc1N1CCN(c2ncnc(N)c2[N+](=O)[O-])CC1. The van der Waals surface area contributed by atoms with E-state index in [4.69, 9.17) is 10.7 Å². The summed E-state index contributed by atoms with van der Waals surface area (Å²) in [6.45, 7) is 4.36. The number of hydrogen-bond donors (Lipinski definition) is 1. The predicted molar refractivity (Wildman–Crippen MR) is 102 cm³/mol. The second-order valence-corrected chi connectivity index (χ2v) is 6.28. The lowest BCUT2D eigenvalue weighted by Crippen LogP contribution is -2.47. The zero-order chi connectivity index (χ0) is 19.0. The predicted octanol–water partition coefficient (Wildman–Crippen LogP) is 1.55. The first kappa shape index (κ1) is 16.9. The number of nitro groups is 1. The van der Waals surface area contributed by atoms with E-state index in [1.54, 1.807) is 0 Å². The molecule has 4 rings (SSSR count). The summed E-state index contributed by atoms with van der Waals surface area (Å²) in [4.78, 5) is 32.0. The number of nitrogens with zero attached hydrogens (tertiary/aromatic N) is 7. The summed E-state index contributed by atoms with van der Waals surface area (Å²) in [5.41, 5.74) is 8.00. The van der Waals surface area contributed by atoms with Crippen molar-refractivity contribution in [3.05, 3.63) is 46.4 Å². The van der Waals surface area contributed by atoms with Crippen LogP contribution in [0.25, 0.3) is 11.0 Å². The molecule has 1 fully saturated rings. The van der Waals surface area contributed by atoms with Crippen molar-refractivity contribution in [1.29, 1.82) is 0 Å². The van der Waals surface area contributed by atoms with Crippen LogP contribution in [0, 0.1) is 17.0 Å². The van der Waals surface area contributed by atoms with E-state index < -0.39 is 4.92 Å². The molecule has 0 saturated carbocycles. The number of aromatic nitrogens is 4. The first-order chi connectivity index (χ1) is 13.0. The molecule has 10 heteroatoms. The zero-order valence-corrected chi connectivity index (χ0v) is 14.7. The molecule has 0 bridgehead atoms. The van der Waals surface area contributed by atoms with Crippen molar-refractivity contribution in [2.24, 2.45) is 0 Å². The van der Waals surface area contributed by atoms with Crippen molar-refractivity contribution >= 4 is 34.2 Å². The van der Waals surface area contributed by atoms with Gasteiger partial charge in [-0.1, -0.05) is 12.1 Å². The second-order valence-electron chi connectivity index (χ2n) is 6.28. The number of hydrogen-bond acceptors (Lipinski definition) is 9. The number of piperazine rings is 1. The monoisotopic (exact) mass is 366 g/mol. The van der Waals surface area contributed by atoms with E-state index in [1.165, 1.54) is 6.33 Å². The Balaban J connectivity index is 1.57. The third kappa shape index (κ3) is 3.05. The maximum absolute atomic E-state index is 11.3. The third-order valence-corrected chi connectivity index (χ3v) is 4.61. The Hall–Kier alpha value is -3.56. The minimum Gasteiger partial charge on any atom is -0.378 e. The first-order valence-electron chi connectivity index (χ1n) is 8.52. The highest BCUT2D eigenvalue weighted by molar-refractivity contribution is 5.76. The van der Waals surface area contributed by atoms with E-state index >= 15 is 0 Å². The van der Waals surface area contributed by atoms with Gasteiger partial charge in [0.25, 0.3) is 0 Å². The van der Waals surface area contributed by atoms with Gasteiger partial charge in [-0.15, -0.1) is 0 Å². The molecule has 138 valence electrons. The number of rotatable bonds is 3. The molecule has 1 aliphatic rings. The number of benzene rings is 1. The van der Waals surface area contributed by atoms with E-state index in [-0.39, 0.29) is 17.3 Å². The van der Waals surface area contributed by atoms with Gasteiger partial charge in [0.2, 0.25) is 11.6 Å². The Bertz CT molecular complexity index is 1020. The van der Waals surface area contributed by atoms with Crippen LogP contribution in [0.2, 0.25) is 0 Å². The molecule has 0 radical (unpaired) electrons. The highest BCUT2D eigenvalue weighted by Crippen LogP contribution is 2.31. The first-order valence-corrected chi connectivity index (χ1v) is 8.52. The number of nitrogens with two attached hydrogens (primary N) is 1. The van der Waals surface area contributed by atoms with E-state index in [9.17, 15) is 10.1 Å². The quantitative estimate of drug-likeness (QED) is 0.542. The van der Waals surface area contributed by atoms with Gasteiger partial charge in [-0.3, -0.25) is 10.1 Å². The Morgan fingerprint density at radius 2 is 1.59 bits per heavy atom. The number of fused-ring (bicyclic) bond motifs is 1. The number of anilines is 3. The molecule has 1 saturated heterocycles. The van der Waals surface area contributed by atoms with Gasteiger partial charge in [0.15, 0.2) is 5.82 Å². The van der Waals surface area contributed by atoms with E-state index in [2.05, 4.69) is 19.9 Å². The molecule has 1 aromatic carbocycles. The van der Waals surface area contributed by atoms with Gasteiger partial charge in [-0.25, -0.2) is 19.9 Å². The summed E-state index contributed by atoms with van der Waals surface area (Å²) in [5, 5.41) is 11.3. The normalized spacial score (nSPS) is 14.6. The lowest BCUT2D eigenvalue weighted by Gasteiger charge is -2.36. The van der Waals surface area contributed by atoms with Crippen LogP contribution < -0.4 is 15.5 Å². The summed E-state index contributed by atoms with van der Waals surface area (Å²) in [7, 11) is 0. The smallest absolute Gasteiger partial charge is 0.353 e. The summed E-state index contributed by atoms with van der Waals surface area (Å²) in [6.07, 6.45) is 1.25. The zero-order valence-electron chi connectivity index (χ0n) is 14.7. The molecule has 0 atom stereocenters. The van der Waals surface area contributed by atoms with Gasteiger partial charge >= 0.3 is 5.69 Å². The summed E-state index contributed by atoms with van der Waals surface area (Å²) in [5.74, 6) is 0.974. The fourth-order valence-corrected chi connectivity index (χ4v) is 3.30. The highest BCUT2D eigenvalue weighted by atomic mass is 16.6. The average molecular weight is 366 g/mol. The second kappa shape index (κ2) is 6.63. The Morgan fingerprint density at radius 1 is 1.00 bits per heavy atom. The minimum atomic E-state index is -0.532. The molecule has 0 spiro atoms. The largest absolute Gasteiger partial charge is 0.378 e. The van der Waals surface area contributed by atoms with Crippen LogP contribution in [0.1, 0.15) is 5.69 Å². The molecule has 10 nitrogen and oxygen atoms in total. The number of para-hydroxylation sites is 2. The molecule has 3 heterocycles. The molecule has 2 aromatic heterocycles. The van der Waals surface area contributed by atoms with Crippen molar-refractivity contribution in [2.45, 2.75) is 6.92 Å². The Morgan fingerprint density at radius 3 is 2.22 bits per heavy atom. The van der Waals surface area contributed by atoms with Gasteiger partial charge in [0.05, 0.1) is 21.7 Å². The fourth-order valence-electron chi connectivity index (χ4n) is 3.30. The van der Waals surface area contributed by atoms with Crippen molar-refractivity contribution in [1.82, 2.24) is 19.9 Å². The molecule has 0 unspecified atom stereocenters. The lowest BCUT2D eigenvalue weighted by molar-refractivity contribution is -0.383. The molecule has 27 heavy (non-hydrogen) atoms. The van der Waals surface area contributed by atoms with Crippen molar-refractivity contribution in [3.8, 4) is 0 Å². The van der Waals surface area contributed by atoms with Gasteiger partial charge in [0, 0.05) is 26.2 Å². The van der Waals surface area contributed by atoms with Crippen LogP contribution in [0.15, 0.2) is 30.6 Å². The van der Waals surface area contributed by atoms with Gasteiger partial charge in [-0.05, 0) is 19.1 Å². The third-order valence-electron chi connectivity index (χ3n) is 4.61. The maximum Gasteiger partial charge on any atom is 0.353 e. The topological polar surface area (TPSA) is 127 Å². The molecule has 2 N–H and O–H groups in total. The van der Waals surface area contributed by atoms with Crippen molar-refractivity contribution < 1.29 is 4.92 Å². The van der Waals surface area contributed by atoms with Crippen LogP contribution >= 0.6 is 0 Å².